The summed E-state index contributed by atoms with van der Waals surface area (Å²) < 4.78 is 0.751. The van der Waals surface area contributed by atoms with Crippen molar-refractivity contribution in [3.63, 3.8) is 0 Å². The fourth-order valence-corrected chi connectivity index (χ4v) is 2.28. The maximum absolute atomic E-state index is 12.4. The van der Waals surface area contributed by atoms with Crippen molar-refractivity contribution >= 4 is 44.9 Å². The van der Waals surface area contributed by atoms with E-state index in [1.54, 1.807) is 36.5 Å². The number of benzene rings is 1. The molecule has 0 radical (unpaired) electrons. The Kier molecular flexibility index (Phi) is 5.59. The van der Waals surface area contributed by atoms with Crippen LogP contribution in [0.4, 0.5) is 11.5 Å². The molecule has 21 heavy (non-hydrogen) atoms. The van der Waals surface area contributed by atoms with Crippen LogP contribution in [0.5, 0.6) is 0 Å². The van der Waals surface area contributed by atoms with Gasteiger partial charge in [-0.2, -0.15) is 0 Å². The Bertz CT molecular complexity index is 649. The summed E-state index contributed by atoms with van der Waals surface area (Å²) in [7, 11) is 0. The highest BCUT2D eigenvalue weighted by molar-refractivity contribution is 9.10. The van der Waals surface area contributed by atoms with E-state index in [0.29, 0.717) is 22.1 Å². The third-order valence-electron chi connectivity index (χ3n) is 2.72. The minimum Gasteiger partial charge on any atom is -0.369 e. The van der Waals surface area contributed by atoms with Crippen LogP contribution in [0.25, 0.3) is 0 Å². The van der Waals surface area contributed by atoms with Crippen molar-refractivity contribution in [3.8, 4) is 0 Å². The summed E-state index contributed by atoms with van der Waals surface area (Å²) in [5, 5.41) is 6.54. The Balaban J connectivity index is 2.23. The monoisotopic (exact) mass is 367 g/mol. The van der Waals surface area contributed by atoms with E-state index in [4.69, 9.17) is 11.6 Å². The van der Waals surface area contributed by atoms with Crippen LogP contribution < -0.4 is 10.6 Å². The SMILES string of the molecule is CCCNc1ncc(Br)cc1C(=O)Nc1cccc(Cl)c1. The van der Waals surface area contributed by atoms with Crippen molar-refractivity contribution in [2.24, 2.45) is 0 Å². The lowest BCUT2D eigenvalue weighted by molar-refractivity contribution is 0.102. The first-order chi connectivity index (χ1) is 10.1. The van der Waals surface area contributed by atoms with Gasteiger partial charge < -0.3 is 10.6 Å². The van der Waals surface area contributed by atoms with Crippen LogP contribution in [0, 0.1) is 0 Å². The number of aromatic nitrogens is 1. The second-order valence-corrected chi connectivity index (χ2v) is 5.79. The molecule has 110 valence electrons. The molecule has 0 bridgehead atoms. The number of amides is 1. The molecule has 0 saturated heterocycles. The Morgan fingerprint density at radius 1 is 1.38 bits per heavy atom. The van der Waals surface area contributed by atoms with Crippen molar-refractivity contribution in [3.05, 3.63) is 51.6 Å². The predicted molar refractivity (Wildman–Crippen MR) is 90.1 cm³/mol. The predicted octanol–water partition coefficient (Wildman–Crippen LogP) is 4.57. The Morgan fingerprint density at radius 2 is 2.19 bits per heavy atom. The van der Waals surface area contributed by atoms with Gasteiger partial charge in [0.15, 0.2) is 0 Å². The van der Waals surface area contributed by atoms with Crippen LogP contribution in [0.3, 0.4) is 0 Å². The van der Waals surface area contributed by atoms with E-state index in [1.165, 1.54) is 0 Å². The number of carbonyl (C=O) groups excluding carboxylic acids is 1. The molecule has 0 aliphatic rings. The number of nitrogens with zero attached hydrogens (tertiary/aromatic N) is 1. The molecule has 1 aromatic carbocycles. The lowest BCUT2D eigenvalue weighted by Gasteiger charge is -2.11. The minimum absolute atomic E-state index is 0.232. The molecule has 0 fully saturated rings. The zero-order chi connectivity index (χ0) is 15.2. The average Bonchev–Trinajstić information content (AvgIpc) is 2.46. The van der Waals surface area contributed by atoms with Crippen molar-refractivity contribution in [2.45, 2.75) is 13.3 Å². The zero-order valence-corrected chi connectivity index (χ0v) is 13.8. The van der Waals surface area contributed by atoms with Gasteiger partial charge in [-0.3, -0.25) is 4.79 Å². The first-order valence-electron chi connectivity index (χ1n) is 6.56. The van der Waals surface area contributed by atoms with Gasteiger partial charge in [-0.05, 0) is 46.6 Å². The van der Waals surface area contributed by atoms with Crippen molar-refractivity contribution in [1.82, 2.24) is 4.98 Å². The summed E-state index contributed by atoms with van der Waals surface area (Å²) in [6.07, 6.45) is 2.61. The molecule has 0 spiro atoms. The molecule has 0 atom stereocenters. The minimum atomic E-state index is -0.232. The van der Waals surface area contributed by atoms with Gasteiger partial charge in [-0.1, -0.05) is 24.6 Å². The van der Waals surface area contributed by atoms with Crippen LogP contribution in [-0.4, -0.2) is 17.4 Å². The molecule has 6 heteroatoms. The summed E-state index contributed by atoms with van der Waals surface area (Å²) in [4.78, 5) is 16.7. The van der Waals surface area contributed by atoms with Gasteiger partial charge >= 0.3 is 0 Å². The summed E-state index contributed by atoms with van der Waals surface area (Å²) >= 11 is 9.25. The first-order valence-corrected chi connectivity index (χ1v) is 7.73. The topological polar surface area (TPSA) is 54.0 Å². The normalized spacial score (nSPS) is 10.2. The number of hydrogen-bond acceptors (Lipinski definition) is 3. The van der Waals surface area contributed by atoms with Gasteiger partial charge in [-0.15, -0.1) is 0 Å². The molecule has 1 heterocycles. The first kappa shape index (κ1) is 15.8. The van der Waals surface area contributed by atoms with Gasteiger partial charge in [0.25, 0.3) is 5.91 Å². The van der Waals surface area contributed by atoms with Crippen molar-refractivity contribution < 1.29 is 4.79 Å². The summed E-state index contributed by atoms with van der Waals surface area (Å²) in [6, 6.07) is 8.77. The third-order valence-corrected chi connectivity index (χ3v) is 3.39. The number of pyridine rings is 1. The number of carbonyl (C=O) groups is 1. The van der Waals surface area contributed by atoms with Gasteiger partial charge in [0.05, 0.1) is 5.56 Å². The highest BCUT2D eigenvalue weighted by Crippen LogP contribution is 2.21. The zero-order valence-electron chi connectivity index (χ0n) is 11.5. The van der Waals surface area contributed by atoms with Crippen molar-refractivity contribution in [1.29, 1.82) is 0 Å². The molecule has 0 unspecified atom stereocenters. The second kappa shape index (κ2) is 7.43. The molecule has 0 saturated carbocycles. The molecule has 1 aromatic heterocycles. The maximum atomic E-state index is 12.4. The average molecular weight is 369 g/mol. The van der Waals surface area contributed by atoms with E-state index in [1.807, 2.05) is 0 Å². The summed E-state index contributed by atoms with van der Waals surface area (Å²) in [5.74, 6) is 0.337. The Morgan fingerprint density at radius 3 is 2.90 bits per heavy atom. The van der Waals surface area contributed by atoms with Crippen LogP contribution in [0.15, 0.2) is 41.0 Å². The lowest BCUT2D eigenvalue weighted by atomic mass is 10.2. The van der Waals surface area contributed by atoms with Crippen LogP contribution in [-0.2, 0) is 0 Å². The van der Waals surface area contributed by atoms with E-state index in [2.05, 4.69) is 38.5 Å². The van der Waals surface area contributed by atoms with Gasteiger partial charge in [0.1, 0.15) is 5.82 Å². The highest BCUT2D eigenvalue weighted by Gasteiger charge is 2.13. The van der Waals surface area contributed by atoms with Gasteiger partial charge in [0.2, 0.25) is 0 Å². The van der Waals surface area contributed by atoms with E-state index < -0.39 is 0 Å². The summed E-state index contributed by atoms with van der Waals surface area (Å²) in [6.45, 7) is 2.81. The molecule has 4 nitrogen and oxygen atoms in total. The van der Waals surface area contributed by atoms with E-state index >= 15 is 0 Å². The molecule has 0 aliphatic heterocycles. The van der Waals surface area contributed by atoms with Gasteiger partial charge in [-0.25, -0.2) is 4.98 Å². The number of anilines is 2. The van der Waals surface area contributed by atoms with E-state index in [9.17, 15) is 4.79 Å². The van der Waals surface area contributed by atoms with E-state index in [0.717, 1.165) is 17.4 Å². The largest absolute Gasteiger partial charge is 0.369 e. The molecular weight excluding hydrogens is 354 g/mol. The van der Waals surface area contributed by atoms with Crippen LogP contribution in [0.1, 0.15) is 23.7 Å². The number of hydrogen-bond donors (Lipinski definition) is 2. The van der Waals surface area contributed by atoms with Crippen LogP contribution >= 0.6 is 27.5 Å². The Hall–Kier alpha value is -1.59. The molecule has 2 rings (SSSR count). The summed E-state index contributed by atoms with van der Waals surface area (Å²) in [5.41, 5.74) is 1.13. The van der Waals surface area contributed by atoms with Crippen molar-refractivity contribution in [2.75, 3.05) is 17.2 Å². The number of rotatable bonds is 5. The molecule has 1 amide bonds. The van der Waals surface area contributed by atoms with Gasteiger partial charge in [0, 0.05) is 27.9 Å². The smallest absolute Gasteiger partial charge is 0.259 e. The highest BCUT2D eigenvalue weighted by atomic mass is 79.9. The van der Waals surface area contributed by atoms with E-state index in [-0.39, 0.29) is 5.91 Å². The molecule has 0 aliphatic carbocycles. The lowest BCUT2D eigenvalue weighted by Crippen LogP contribution is -2.16. The second-order valence-electron chi connectivity index (χ2n) is 4.44. The number of nitrogens with one attached hydrogen (secondary N) is 2. The number of halogens is 2. The third kappa shape index (κ3) is 4.44. The standard InChI is InChI=1S/C15H15BrClN3O/c1-2-6-18-14-13(7-10(16)9-19-14)15(21)20-12-5-3-4-11(17)8-12/h3-5,7-9H,2,6H2,1H3,(H,18,19)(H,20,21). The molecule has 2 N–H and O–H groups in total. The fraction of sp³-hybridized carbons (Fsp3) is 0.200. The quantitative estimate of drug-likeness (QED) is 0.812. The maximum Gasteiger partial charge on any atom is 0.259 e. The molecular formula is C15H15BrClN3O. The van der Waals surface area contributed by atoms with Crippen LogP contribution in [0.2, 0.25) is 5.02 Å². The Labute approximate surface area is 137 Å². The fourth-order valence-electron chi connectivity index (χ4n) is 1.76. The molecule has 2 aromatic rings.